The van der Waals surface area contributed by atoms with Gasteiger partial charge in [-0.05, 0) is 44.0 Å². The summed E-state index contributed by atoms with van der Waals surface area (Å²) in [7, 11) is 0. The molecule has 1 aromatic carbocycles. The minimum atomic E-state index is -0.894. The van der Waals surface area contributed by atoms with Crippen molar-refractivity contribution in [2.24, 2.45) is 0 Å². The number of anilines is 1. The Balaban J connectivity index is 2.03. The summed E-state index contributed by atoms with van der Waals surface area (Å²) >= 11 is 3.35. The lowest BCUT2D eigenvalue weighted by Crippen LogP contribution is -2.52. The molecule has 1 aliphatic rings. The molecule has 0 aliphatic carbocycles. The second-order valence-corrected chi connectivity index (χ2v) is 6.19. The second-order valence-electron chi connectivity index (χ2n) is 5.27. The van der Waals surface area contributed by atoms with Crippen molar-refractivity contribution in [3.8, 4) is 0 Å². The van der Waals surface area contributed by atoms with E-state index in [2.05, 4.69) is 21.2 Å². The van der Waals surface area contributed by atoms with Crippen LogP contribution >= 0.6 is 15.9 Å². The Bertz CT molecular complexity index is 549. The molecule has 0 spiro atoms. The molecule has 5 nitrogen and oxygen atoms in total. The van der Waals surface area contributed by atoms with Crippen LogP contribution in [-0.4, -0.2) is 40.5 Å². The summed E-state index contributed by atoms with van der Waals surface area (Å²) in [5.41, 5.74) is -0.194. The van der Waals surface area contributed by atoms with Gasteiger partial charge in [-0.15, -0.1) is 0 Å². The third-order valence-corrected chi connectivity index (χ3v) is 4.54. The lowest BCUT2D eigenvalue weighted by Gasteiger charge is -2.33. The topological polar surface area (TPSA) is 69.6 Å². The number of aliphatic carboxylic acids is 1. The van der Waals surface area contributed by atoms with Crippen LogP contribution in [0.25, 0.3) is 0 Å². The fourth-order valence-electron chi connectivity index (χ4n) is 2.90. The molecule has 114 valence electrons. The number of carboxylic acids is 1. The van der Waals surface area contributed by atoms with Crippen molar-refractivity contribution >= 4 is 33.5 Å². The Morgan fingerprint density at radius 1 is 1.48 bits per heavy atom. The first-order chi connectivity index (χ1) is 9.98. The molecule has 2 N–H and O–H groups in total. The minimum Gasteiger partial charge on any atom is -0.480 e. The highest BCUT2D eigenvalue weighted by atomic mass is 79.9. The minimum absolute atomic E-state index is 0.104. The van der Waals surface area contributed by atoms with Gasteiger partial charge in [0.05, 0.1) is 6.54 Å². The quantitative estimate of drug-likeness (QED) is 0.852. The number of carbonyl (C=O) groups excluding carboxylic acids is 1. The second kappa shape index (κ2) is 6.58. The monoisotopic (exact) mass is 354 g/mol. The molecular weight excluding hydrogens is 336 g/mol. The van der Waals surface area contributed by atoms with Gasteiger partial charge < -0.3 is 10.4 Å². The third kappa shape index (κ3) is 3.44. The molecule has 1 fully saturated rings. The van der Waals surface area contributed by atoms with Gasteiger partial charge in [-0.25, -0.2) is 0 Å². The number of likely N-dealkylation sites (tertiary alicyclic amines) is 1. The molecule has 1 saturated heterocycles. The van der Waals surface area contributed by atoms with E-state index >= 15 is 0 Å². The lowest BCUT2D eigenvalue weighted by molar-refractivity contribution is -0.150. The zero-order valence-electron chi connectivity index (χ0n) is 11.9. The van der Waals surface area contributed by atoms with Gasteiger partial charge in [0, 0.05) is 10.2 Å². The predicted molar refractivity (Wildman–Crippen MR) is 84.2 cm³/mol. The molecule has 1 aromatic rings. The van der Waals surface area contributed by atoms with E-state index in [-0.39, 0.29) is 12.5 Å². The number of rotatable bonds is 5. The van der Waals surface area contributed by atoms with Crippen LogP contribution in [0.1, 0.15) is 26.2 Å². The molecule has 0 bridgehead atoms. The van der Waals surface area contributed by atoms with E-state index in [4.69, 9.17) is 0 Å². The average molecular weight is 355 g/mol. The lowest BCUT2D eigenvalue weighted by atomic mass is 9.93. The largest absolute Gasteiger partial charge is 0.480 e. The molecule has 1 heterocycles. The molecule has 6 heteroatoms. The number of hydrogen-bond acceptors (Lipinski definition) is 3. The van der Waals surface area contributed by atoms with Gasteiger partial charge in [0.2, 0.25) is 5.91 Å². The summed E-state index contributed by atoms with van der Waals surface area (Å²) < 4.78 is 0.884. The molecule has 1 aliphatic heterocycles. The summed E-state index contributed by atoms with van der Waals surface area (Å²) in [6.45, 7) is 2.61. The van der Waals surface area contributed by atoms with Crippen molar-refractivity contribution in [1.82, 2.24) is 4.90 Å². The fraction of sp³-hybridized carbons (Fsp3) is 0.467. The summed E-state index contributed by atoms with van der Waals surface area (Å²) in [6.07, 6.45) is 1.92. The van der Waals surface area contributed by atoms with E-state index in [0.717, 1.165) is 10.9 Å². The highest BCUT2D eigenvalue weighted by Gasteiger charge is 2.46. The van der Waals surface area contributed by atoms with Gasteiger partial charge >= 0.3 is 5.97 Å². The fourth-order valence-corrected chi connectivity index (χ4v) is 3.30. The van der Waals surface area contributed by atoms with Crippen LogP contribution in [0.4, 0.5) is 5.69 Å². The van der Waals surface area contributed by atoms with E-state index in [1.165, 1.54) is 0 Å². The van der Waals surface area contributed by atoms with Gasteiger partial charge in [-0.1, -0.05) is 28.9 Å². The van der Waals surface area contributed by atoms with Crippen LogP contribution in [0.2, 0.25) is 0 Å². The number of halogens is 1. The molecule has 0 aromatic heterocycles. The summed E-state index contributed by atoms with van der Waals surface area (Å²) in [5, 5.41) is 12.3. The molecule has 1 amide bonds. The third-order valence-electron chi connectivity index (χ3n) is 4.05. The number of benzene rings is 1. The highest BCUT2D eigenvalue weighted by Crippen LogP contribution is 2.32. The van der Waals surface area contributed by atoms with Crippen molar-refractivity contribution in [3.63, 3.8) is 0 Å². The predicted octanol–water partition coefficient (Wildman–Crippen LogP) is 2.72. The van der Waals surface area contributed by atoms with Gasteiger partial charge in [0.15, 0.2) is 0 Å². The maximum Gasteiger partial charge on any atom is 0.324 e. The standard InChI is InChI=1S/C15H19BrN2O3/c1-2-15(14(20)21)7-4-8-18(15)10-13(19)17-12-6-3-5-11(16)9-12/h3,5-6,9H,2,4,7-8,10H2,1H3,(H,17,19)(H,20,21). The van der Waals surface area contributed by atoms with Crippen molar-refractivity contribution in [2.45, 2.75) is 31.7 Å². The van der Waals surface area contributed by atoms with Gasteiger partial charge in [-0.3, -0.25) is 14.5 Å². The van der Waals surface area contributed by atoms with Crippen molar-refractivity contribution in [1.29, 1.82) is 0 Å². The molecule has 1 atom stereocenters. The first-order valence-corrected chi connectivity index (χ1v) is 7.81. The van der Waals surface area contributed by atoms with Crippen molar-refractivity contribution in [2.75, 3.05) is 18.4 Å². The van der Waals surface area contributed by atoms with E-state index in [1.54, 1.807) is 11.0 Å². The van der Waals surface area contributed by atoms with Crippen molar-refractivity contribution in [3.05, 3.63) is 28.7 Å². The molecule has 1 unspecified atom stereocenters. The maximum atomic E-state index is 12.1. The van der Waals surface area contributed by atoms with Gasteiger partial charge in [-0.2, -0.15) is 0 Å². The van der Waals surface area contributed by atoms with Crippen LogP contribution in [-0.2, 0) is 9.59 Å². The van der Waals surface area contributed by atoms with E-state index in [1.807, 2.05) is 25.1 Å². The molecular formula is C15H19BrN2O3. The highest BCUT2D eigenvalue weighted by molar-refractivity contribution is 9.10. The van der Waals surface area contributed by atoms with Crippen molar-refractivity contribution < 1.29 is 14.7 Å². The Kier molecular flexibility index (Phi) is 5.00. The van der Waals surface area contributed by atoms with E-state index in [9.17, 15) is 14.7 Å². The van der Waals surface area contributed by atoms with Gasteiger partial charge in [0.1, 0.15) is 5.54 Å². The van der Waals surface area contributed by atoms with Crippen LogP contribution in [0.5, 0.6) is 0 Å². The first-order valence-electron chi connectivity index (χ1n) is 7.02. The number of amides is 1. The number of nitrogens with one attached hydrogen (secondary N) is 1. The number of carbonyl (C=O) groups is 2. The Labute approximate surface area is 132 Å². The number of nitrogens with zero attached hydrogens (tertiary/aromatic N) is 1. The normalized spacial score (nSPS) is 22.2. The van der Waals surface area contributed by atoms with Gasteiger partial charge in [0.25, 0.3) is 0 Å². The zero-order valence-corrected chi connectivity index (χ0v) is 13.5. The Morgan fingerprint density at radius 2 is 2.24 bits per heavy atom. The number of carboxylic acid groups (broad SMARTS) is 1. The summed E-state index contributed by atoms with van der Waals surface area (Å²) in [4.78, 5) is 25.5. The van der Waals surface area contributed by atoms with Crippen LogP contribution in [0.3, 0.4) is 0 Å². The van der Waals surface area contributed by atoms with Crippen LogP contribution in [0, 0.1) is 0 Å². The van der Waals surface area contributed by atoms with E-state index < -0.39 is 11.5 Å². The maximum absolute atomic E-state index is 12.1. The molecule has 21 heavy (non-hydrogen) atoms. The molecule has 0 radical (unpaired) electrons. The van der Waals surface area contributed by atoms with Crippen LogP contribution in [0.15, 0.2) is 28.7 Å². The smallest absolute Gasteiger partial charge is 0.324 e. The number of hydrogen-bond donors (Lipinski definition) is 2. The van der Waals surface area contributed by atoms with E-state index in [0.29, 0.717) is 25.1 Å². The molecule has 0 saturated carbocycles. The molecule has 2 rings (SSSR count). The SMILES string of the molecule is CCC1(C(=O)O)CCCN1CC(=O)Nc1cccc(Br)c1. The Hall–Kier alpha value is -1.40. The zero-order chi connectivity index (χ0) is 15.5. The average Bonchev–Trinajstić information content (AvgIpc) is 2.82. The van der Waals surface area contributed by atoms with Crippen LogP contribution < -0.4 is 5.32 Å². The first kappa shape index (κ1) is 16.0. The summed E-state index contributed by atoms with van der Waals surface area (Å²) in [6, 6.07) is 7.33. The summed E-state index contributed by atoms with van der Waals surface area (Å²) in [5.74, 6) is -1.02. The Morgan fingerprint density at radius 3 is 2.86 bits per heavy atom.